The van der Waals surface area contributed by atoms with Gasteiger partial charge in [0.25, 0.3) is 0 Å². The molecule has 110 valence electrons. The van der Waals surface area contributed by atoms with E-state index in [0.717, 1.165) is 31.5 Å². The second kappa shape index (κ2) is 6.76. The van der Waals surface area contributed by atoms with Gasteiger partial charge in [0, 0.05) is 24.9 Å². The lowest BCUT2D eigenvalue weighted by molar-refractivity contribution is 0.0111. The molecule has 0 N–H and O–H groups in total. The van der Waals surface area contributed by atoms with Crippen LogP contribution in [0.3, 0.4) is 0 Å². The first-order valence-corrected chi connectivity index (χ1v) is 7.57. The lowest BCUT2D eigenvalue weighted by Crippen LogP contribution is -2.25. The van der Waals surface area contributed by atoms with Gasteiger partial charge in [0.15, 0.2) is 0 Å². The second-order valence-electron chi connectivity index (χ2n) is 5.57. The summed E-state index contributed by atoms with van der Waals surface area (Å²) in [5.41, 5.74) is 3.51. The number of halogens is 1. The molecule has 0 saturated heterocycles. The summed E-state index contributed by atoms with van der Waals surface area (Å²) in [6.07, 6.45) is 2.84. The van der Waals surface area contributed by atoms with Crippen LogP contribution in [0.2, 0.25) is 0 Å². The van der Waals surface area contributed by atoms with Crippen LogP contribution in [0, 0.1) is 0 Å². The van der Waals surface area contributed by atoms with E-state index in [-0.39, 0.29) is 11.0 Å². The van der Waals surface area contributed by atoms with Crippen LogP contribution in [0.25, 0.3) is 0 Å². The molecule has 3 nitrogen and oxygen atoms in total. The van der Waals surface area contributed by atoms with Gasteiger partial charge in [0.2, 0.25) is 0 Å². The van der Waals surface area contributed by atoms with E-state index in [1.165, 1.54) is 11.3 Å². The standard InChI is InChI=1S/C15H27ClN2O/c1-7-12-14(11(3)16)13(8-2)18(17-12)10-9-15(4,5)19-6/h11H,7-10H2,1-6H3. The van der Waals surface area contributed by atoms with E-state index in [2.05, 4.69) is 32.4 Å². The van der Waals surface area contributed by atoms with Crippen molar-refractivity contribution >= 4 is 11.6 Å². The largest absolute Gasteiger partial charge is 0.379 e. The normalized spacial score (nSPS) is 13.8. The molecule has 1 aromatic rings. The monoisotopic (exact) mass is 286 g/mol. The molecule has 0 amide bonds. The summed E-state index contributed by atoms with van der Waals surface area (Å²) in [6.45, 7) is 11.4. The van der Waals surface area contributed by atoms with Crippen LogP contribution in [0.4, 0.5) is 0 Å². The van der Waals surface area contributed by atoms with E-state index in [0.29, 0.717) is 0 Å². The highest BCUT2D eigenvalue weighted by Crippen LogP contribution is 2.28. The zero-order chi connectivity index (χ0) is 14.6. The summed E-state index contributed by atoms with van der Waals surface area (Å²) >= 11 is 6.32. The highest BCUT2D eigenvalue weighted by atomic mass is 35.5. The maximum atomic E-state index is 6.32. The lowest BCUT2D eigenvalue weighted by Gasteiger charge is -2.23. The molecule has 19 heavy (non-hydrogen) atoms. The van der Waals surface area contributed by atoms with E-state index in [1.54, 1.807) is 7.11 Å². The number of hydrogen-bond donors (Lipinski definition) is 0. The van der Waals surface area contributed by atoms with Gasteiger partial charge in [-0.05, 0) is 40.0 Å². The predicted molar refractivity (Wildman–Crippen MR) is 81.0 cm³/mol. The number of nitrogens with zero attached hydrogens (tertiary/aromatic N) is 2. The van der Waals surface area contributed by atoms with Gasteiger partial charge < -0.3 is 4.74 Å². The predicted octanol–water partition coefficient (Wildman–Crippen LogP) is 4.12. The van der Waals surface area contributed by atoms with Gasteiger partial charge in [-0.2, -0.15) is 5.10 Å². The molecule has 0 aliphatic rings. The van der Waals surface area contributed by atoms with Gasteiger partial charge in [-0.25, -0.2) is 0 Å². The van der Waals surface area contributed by atoms with Crippen molar-refractivity contribution in [3.8, 4) is 0 Å². The molecular formula is C15H27ClN2O. The fourth-order valence-electron chi connectivity index (χ4n) is 2.32. The minimum Gasteiger partial charge on any atom is -0.379 e. The van der Waals surface area contributed by atoms with E-state index in [9.17, 15) is 0 Å². The van der Waals surface area contributed by atoms with Crippen molar-refractivity contribution in [2.24, 2.45) is 0 Å². The Kier molecular flexibility index (Phi) is 5.87. The SMILES string of the molecule is CCc1nn(CCC(C)(C)OC)c(CC)c1C(C)Cl. The van der Waals surface area contributed by atoms with E-state index >= 15 is 0 Å². The first-order valence-electron chi connectivity index (χ1n) is 7.13. The highest BCUT2D eigenvalue weighted by molar-refractivity contribution is 6.20. The summed E-state index contributed by atoms with van der Waals surface area (Å²) in [5.74, 6) is 0. The van der Waals surface area contributed by atoms with Crippen molar-refractivity contribution in [2.75, 3.05) is 7.11 Å². The van der Waals surface area contributed by atoms with Crippen LogP contribution in [-0.4, -0.2) is 22.5 Å². The molecule has 1 rings (SSSR count). The Morgan fingerprint density at radius 2 is 1.95 bits per heavy atom. The van der Waals surface area contributed by atoms with Crippen molar-refractivity contribution in [3.05, 3.63) is 17.0 Å². The van der Waals surface area contributed by atoms with Crippen molar-refractivity contribution in [1.82, 2.24) is 9.78 Å². The van der Waals surface area contributed by atoms with Crippen molar-refractivity contribution in [3.63, 3.8) is 0 Å². The molecule has 0 fully saturated rings. The third-order valence-electron chi connectivity index (χ3n) is 3.72. The van der Waals surface area contributed by atoms with Crippen molar-refractivity contribution in [2.45, 2.75) is 71.4 Å². The van der Waals surface area contributed by atoms with E-state index in [4.69, 9.17) is 21.4 Å². The Balaban J connectivity index is 3.01. The minimum atomic E-state index is -0.115. The molecule has 0 aliphatic carbocycles. The first-order chi connectivity index (χ1) is 8.86. The maximum Gasteiger partial charge on any atom is 0.0671 e. The summed E-state index contributed by atoms with van der Waals surface area (Å²) in [6, 6.07) is 0. The minimum absolute atomic E-state index is 0.0223. The Morgan fingerprint density at radius 1 is 1.32 bits per heavy atom. The molecule has 0 aromatic carbocycles. The Morgan fingerprint density at radius 3 is 2.37 bits per heavy atom. The van der Waals surface area contributed by atoms with Gasteiger partial charge >= 0.3 is 0 Å². The number of aryl methyl sites for hydroxylation is 2. The van der Waals surface area contributed by atoms with Crippen LogP contribution in [0.1, 0.15) is 63.4 Å². The molecule has 0 aliphatic heterocycles. The van der Waals surface area contributed by atoms with Gasteiger partial charge in [-0.3, -0.25) is 4.68 Å². The lowest BCUT2D eigenvalue weighted by atomic mass is 10.0. The fraction of sp³-hybridized carbons (Fsp3) is 0.800. The summed E-state index contributed by atoms with van der Waals surface area (Å²) in [7, 11) is 1.76. The molecular weight excluding hydrogens is 260 g/mol. The second-order valence-corrected chi connectivity index (χ2v) is 6.22. The molecule has 1 heterocycles. The van der Waals surface area contributed by atoms with Gasteiger partial charge in [-0.15, -0.1) is 11.6 Å². The molecule has 1 atom stereocenters. The quantitative estimate of drug-likeness (QED) is 0.705. The van der Waals surface area contributed by atoms with Crippen LogP contribution in [0.15, 0.2) is 0 Å². The summed E-state index contributed by atoms with van der Waals surface area (Å²) < 4.78 is 7.60. The summed E-state index contributed by atoms with van der Waals surface area (Å²) in [5, 5.41) is 4.76. The van der Waals surface area contributed by atoms with E-state index < -0.39 is 0 Å². The van der Waals surface area contributed by atoms with Gasteiger partial charge in [0.05, 0.1) is 16.7 Å². The third kappa shape index (κ3) is 3.96. The van der Waals surface area contributed by atoms with Crippen molar-refractivity contribution in [1.29, 1.82) is 0 Å². The van der Waals surface area contributed by atoms with Gasteiger partial charge in [0.1, 0.15) is 0 Å². The number of hydrogen-bond acceptors (Lipinski definition) is 2. The van der Waals surface area contributed by atoms with Crippen LogP contribution in [-0.2, 0) is 24.1 Å². The van der Waals surface area contributed by atoms with Crippen LogP contribution >= 0.6 is 11.6 Å². The van der Waals surface area contributed by atoms with Crippen molar-refractivity contribution < 1.29 is 4.74 Å². The molecule has 0 spiro atoms. The topological polar surface area (TPSA) is 27.1 Å². The molecule has 4 heteroatoms. The Hall–Kier alpha value is -0.540. The van der Waals surface area contributed by atoms with Crippen LogP contribution in [0.5, 0.6) is 0 Å². The van der Waals surface area contributed by atoms with Crippen LogP contribution < -0.4 is 0 Å². The average Bonchev–Trinajstić information content (AvgIpc) is 2.74. The number of methoxy groups -OCH3 is 1. The Labute approximate surface area is 122 Å². The number of ether oxygens (including phenoxy) is 1. The Bertz CT molecular complexity index is 411. The zero-order valence-corrected chi connectivity index (χ0v) is 13.8. The smallest absolute Gasteiger partial charge is 0.0671 e. The third-order valence-corrected chi connectivity index (χ3v) is 3.94. The number of alkyl halides is 1. The molecule has 0 radical (unpaired) electrons. The molecule has 0 bridgehead atoms. The number of rotatable bonds is 7. The molecule has 0 saturated carbocycles. The van der Waals surface area contributed by atoms with Gasteiger partial charge in [-0.1, -0.05) is 13.8 Å². The number of aromatic nitrogens is 2. The summed E-state index contributed by atoms with van der Waals surface area (Å²) in [4.78, 5) is 0. The molecule has 1 aromatic heterocycles. The average molecular weight is 287 g/mol. The zero-order valence-electron chi connectivity index (χ0n) is 13.1. The first kappa shape index (κ1) is 16.5. The molecule has 1 unspecified atom stereocenters. The van der Waals surface area contributed by atoms with E-state index in [1.807, 2.05) is 6.92 Å². The highest BCUT2D eigenvalue weighted by Gasteiger charge is 2.21. The fourth-order valence-corrected chi connectivity index (χ4v) is 2.57. The maximum absolute atomic E-state index is 6.32.